The number of phenolic OH excluding ortho intramolecular Hbond substituents is 1. The van der Waals surface area contributed by atoms with E-state index in [1.165, 1.54) is 11.8 Å². The van der Waals surface area contributed by atoms with Crippen LogP contribution >= 0.6 is 27.7 Å². The second-order valence-electron chi connectivity index (χ2n) is 3.47. The summed E-state index contributed by atoms with van der Waals surface area (Å²) in [7, 11) is 0. The fourth-order valence-corrected chi connectivity index (χ4v) is 2.57. The van der Waals surface area contributed by atoms with Gasteiger partial charge in [0.1, 0.15) is 0 Å². The van der Waals surface area contributed by atoms with E-state index in [1.54, 1.807) is 12.1 Å². The summed E-state index contributed by atoms with van der Waals surface area (Å²) in [6, 6.07) is 13.1. The Morgan fingerprint density at radius 2 is 1.82 bits per heavy atom. The molecule has 0 unspecified atom stereocenters. The van der Waals surface area contributed by atoms with E-state index in [0.717, 1.165) is 4.90 Å². The molecule has 2 aromatic carbocycles. The lowest BCUT2D eigenvalue weighted by atomic mass is 10.2. The van der Waals surface area contributed by atoms with E-state index in [2.05, 4.69) is 15.9 Å². The van der Waals surface area contributed by atoms with Crippen LogP contribution in [0.25, 0.3) is 0 Å². The molecule has 0 saturated heterocycles. The molecule has 0 heterocycles. The van der Waals surface area contributed by atoms with Crippen molar-refractivity contribution in [3.8, 4) is 5.75 Å². The van der Waals surface area contributed by atoms with Crippen LogP contribution in [0, 0.1) is 5.82 Å². The minimum atomic E-state index is -0.553. The maximum Gasteiger partial charge on any atom is 0.170 e. The number of thioether (sulfide) groups is 1. The van der Waals surface area contributed by atoms with Gasteiger partial charge in [-0.05, 0) is 34.1 Å². The molecule has 0 saturated carbocycles. The molecule has 2 rings (SSSR count). The Bertz CT molecular complexity index is 516. The first-order valence-electron chi connectivity index (χ1n) is 5.02. The molecule has 0 atom stereocenters. The zero-order valence-corrected chi connectivity index (χ0v) is 11.3. The van der Waals surface area contributed by atoms with Gasteiger partial charge < -0.3 is 5.11 Å². The summed E-state index contributed by atoms with van der Waals surface area (Å²) < 4.78 is 14.1. The largest absolute Gasteiger partial charge is 0.504 e. The summed E-state index contributed by atoms with van der Waals surface area (Å²) >= 11 is 4.62. The Kier molecular flexibility index (Phi) is 4.07. The molecule has 4 heteroatoms. The smallest absolute Gasteiger partial charge is 0.170 e. The van der Waals surface area contributed by atoms with Gasteiger partial charge in [0.15, 0.2) is 11.6 Å². The first kappa shape index (κ1) is 12.5. The summed E-state index contributed by atoms with van der Waals surface area (Å²) in [5, 5.41) is 9.45. The van der Waals surface area contributed by atoms with Crippen molar-refractivity contribution in [2.45, 2.75) is 10.6 Å². The first-order valence-corrected chi connectivity index (χ1v) is 6.80. The number of hydrogen-bond donors (Lipinski definition) is 1. The molecular formula is C13H10BrFOS. The van der Waals surface area contributed by atoms with Crippen LogP contribution < -0.4 is 0 Å². The van der Waals surface area contributed by atoms with Gasteiger partial charge in [-0.25, -0.2) is 4.39 Å². The quantitative estimate of drug-likeness (QED) is 0.837. The zero-order valence-electron chi connectivity index (χ0n) is 8.86. The molecule has 88 valence electrons. The van der Waals surface area contributed by atoms with E-state index >= 15 is 0 Å². The highest BCUT2D eigenvalue weighted by Gasteiger charge is 2.10. The van der Waals surface area contributed by atoms with E-state index in [9.17, 15) is 9.50 Å². The maximum atomic E-state index is 13.7. The van der Waals surface area contributed by atoms with Gasteiger partial charge in [-0.15, -0.1) is 11.8 Å². The lowest BCUT2D eigenvalue weighted by Gasteiger charge is -2.06. The molecule has 0 aliphatic carbocycles. The van der Waals surface area contributed by atoms with Gasteiger partial charge in [-0.2, -0.15) is 0 Å². The highest BCUT2D eigenvalue weighted by Crippen LogP contribution is 2.32. The monoisotopic (exact) mass is 312 g/mol. The standard InChI is InChI=1S/C13H10BrFOS/c14-11-7-6-9(12(15)13(11)16)8-17-10-4-2-1-3-5-10/h1-7,16H,8H2. The van der Waals surface area contributed by atoms with Crippen LogP contribution in [0.5, 0.6) is 5.75 Å². The third-order valence-electron chi connectivity index (χ3n) is 2.28. The SMILES string of the molecule is Oc1c(Br)ccc(CSc2ccccc2)c1F. The van der Waals surface area contributed by atoms with Gasteiger partial charge in [0, 0.05) is 16.2 Å². The summed E-state index contributed by atoms with van der Waals surface area (Å²) in [6.45, 7) is 0. The molecule has 1 N–H and O–H groups in total. The van der Waals surface area contributed by atoms with Gasteiger partial charge >= 0.3 is 0 Å². The number of benzene rings is 2. The number of phenols is 1. The molecule has 2 aromatic rings. The fourth-order valence-electron chi connectivity index (χ4n) is 1.37. The highest BCUT2D eigenvalue weighted by molar-refractivity contribution is 9.10. The molecule has 0 aliphatic heterocycles. The number of hydrogen-bond acceptors (Lipinski definition) is 2. The molecule has 0 aliphatic rings. The Hall–Kier alpha value is -1.00. The van der Waals surface area contributed by atoms with Crippen molar-refractivity contribution in [2.75, 3.05) is 0 Å². The normalized spacial score (nSPS) is 10.5. The summed E-state index contributed by atoms with van der Waals surface area (Å²) in [6.07, 6.45) is 0. The van der Waals surface area contributed by atoms with E-state index in [1.807, 2.05) is 30.3 Å². The first-order chi connectivity index (χ1) is 8.18. The third kappa shape index (κ3) is 3.01. The predicted molar refractivity (Wildman–Crippen MR) is 71.8 cm³/mol. The average Bonchev–Trinajstić information content (AvgIpc) is 2.36. The molecule has 0 amide bonds. The number of aromatic hydroxyl groups is 1. The molecular weight excluding hydrogens is 303 g/mol. The predicted octanol–water partition coefficient (Wildman–Crippen LogP) is 4.59. The van der Waals surface area contributed by atoms with Gasteiger partial charge in [-0.3, -0.25) is 0 Å². The van der Waals surface area contributed by atoms with Crippen LogP contribution in [-0.4, -0.2) is 5.11 Å². The lowest BCUT2D eigenvalue weighted by molar-refractivity contribution is 0.426. The molecule has 1 nitrogen and oxygen atoms in total. The van der Waals surface area contributed by atoms with Crippen molar-refractivity contribution in [1.82, 2.24) is 0 Å². The van der Waals surface area contributed by atoms with Crippen LogP contribution in [0.15, 0.2) is 51.8 Å². The average molecular weight is 313 g/mol. The summed E-state index contributed by atoms with van der Waals surface area (Å²) in [4.78, 5) is 1.08. The number of rotatable bonds is 3. The van der Waals surface area contributed by atoms with Crippen molar-refractivity contribution in [3.63, 3.8) is 0 Å². The van der Waals surface area contributed by atoms with Crippen molar-refractivity contribution >= 4 is 27.7 Å². The second-order valence-corrected chi connectivity index (χ2v) is 5.37. The lowest BCUT2D eigenvalue weighted by Crippen LogP contribution is -1.89. The minimum Gasteiger partial charge on any atom is -0.504 e. The Balaban J connectivity index is 2.13. The zero-order chi connectivity index (χ0) is 12.3. The molecule has 0 bridgehead atoms. The maximum absolute atomic E-state index is 13.7. The van der Waals surface area contributed by atoms with Gasteiger partial charge in [0.05, 0.1) is 4.47 Å². The van der Waals surface area contributed by atoms with Crippen LogP contribution in [0.1, 0.15) is 5.56 Å². The molecule has 17 heavy (non-hydrogen) atoms. The van der Waals surface area contributed by atoms with Crippen LogP contribution in [0.4, 0.5) is 4.39 Å². The molecule has 0 radical (unpaired) electrons. The minimum absolute atomic E-state index is 0.323. The van der Waals surface area contributed by atoms with Gasteiger partial charge in [0.25, 0.3) is 0 Å². The van der Waals surface area contributed by atoms with Crippen molar-refractivity contribution in [3.05, 3.63) is 58.3 Å². The van der Waals surface area contributed by atoms with Crippen molar-refractivity contribution in [1.29, 1.82) is 0 Å². The molecule has 0 spiro atoms. The Labute approximate surface area is 112 Å². The highest BCUT2D eigenvalue weighted by atomic mass is 79.9. The van der Waals surface area contributed by atoms with Gasteiger partial charge in [0.2, 0.25) is 0 Å². The Morgan fingerprint density at radius 3 is 2.53 bits per heavy atom. The fraction of sp³-hybridized carbons (Fsp3) is 0.0769. The Morgan fingerprint density at radius 1 is 1.12 bits per heavy atom. The van der Waals surface area contributed by atoms with Crippen LogP contribution in [-0.2, 0) is 5.75 Å². The number of halogens is 2. The second kappa shape index (κ2) is 5.56. The van der Waals surface area contributed by atoms with Crippen molar-refractivity contribution < 1.29 is 9.50 Å². The van der Waals surface area contributed by atoms with Crippen molar-refractivity contribution in [2.24, 2.45) is 0 Å². The van der Waals surface area contributed by atoms with Gasteiger partial charge in [-0.1, -0.05) is 24.3 Å². The van der Waals surface area contributed by atoms with E-state index < -0.39 is 5.82 Å². The molecule has 0 aromatic heterocycles. The summed E-state index contributed by atoms with van der Waals surface area (Å²) in [5.74, 6) is -0.379. The summed E-state index contributed by atoms with van der Waals surface area (Å²) in [5.41, 5.74) is 0.500. The van der Waals surface area contributed by atoms with Crippen LogP contribution in [0.2, 0.25) is 0 Å². The van der Waals surface area contributed by atoms with E-state index in [-0.39, 0.29) is 5.75 Å². The third-order valence-corrected chi connectivity index (χ3v) is 3.99. The molecule has 0 fully saturated rings. The van der Waals surface area contributed by atoms with E-state index in [0.29, 0.717) is 15.8 Å². The van der Waals surface area contributed by atoms with Crippen LogP contribution in [0.3, 0.4) is 0 Å². The topological polar surface area (TPSA) is 20.2 Å². The van der Waals surface area contributed by atoms with E-state index in [4.69, 9.17) is 0 Å².